The first-order chi connectivity index (χ1) is 10.2. The van der Waals surface area contributed by atoms with Crippen molar-refractivity contribution in [3.05, 3.63) is 39.8 Å². The Hall–Kier alpha value is -1.85. The average Bonchev–Trinajstić information content (AvgIpc) is 2.39. The third-order valence-corrected chi connectivity index (χ3v) is 3.60. The maximum atomic E-state index is 12.2. The van der Waals surface area contributed by atoms with Crippen molar-refractivity contribution in [2.45, 2.75) is 33.2 Å². The Morgan fingerprint density at radius 2 is 2.09 bits per heavy atom. The minimum atomic E-state index is -0.620. The third kappa shape index (κ3) is 3.87. The number of H-pyrrole nitrogens is 1. The van der Waals surface area contributed by atoms with Gasteiger partial charge in [0.1, 0.15) is 0 Å². The summed E-state index contributed by atoms with van der Waals surface area (Å²) in [5.74, 6) is -0.291. The molecule has 2 aromatic rings. The molecule has 0 radical (unpaired) electrons. The summed E-state index contributed by atoms with van der Waals surface area (Å²) in [6.07, 6.45) is 2.11. The lowest BCUT2D eigenvalue weighted by molar-refractivity contribution is -0.118. The number of carbonyl (C=O) groups is 1. The van der Waals surface area contributed by atoms with E-state index in [1.807, 2.05) is 20.8 Å². The number of aromatic nitrogens is 1. The predicted molar refractivity (Wildman–Crippen MR) is 90.3 cm³/mol. The SMILES string of the molecule is CC(C)(C)C[C@@H](N)C(=O)Nc1cc2cc[nH]c(=O)c2cc1Cl. The number of amides is 1. The van der Waals surface area contributed by atoms with Crippen LogP contribution in [0.3, 0.4) is 0 Å². The first kappa shape index (κ1) is 16.5. The number of hydrogen-bond donors (Lipinski definition) is 3. The van der Waals surface area contributed by atoms with Crippen LogP contribution in [-0.4, -0.2) is 16.9 Å². The van der Waals surface area contributed by atoms with Crippen LogP contribution in [0.25, 0.3) is 10.8 Å². The van der Waals surface area contributed by atoms with Gasteiger partial charge < -0.3 is 16.0 Å². The Balaban J connectivity index is 2.26. The van der Waals surface area contributed by atoms with Gasteiger partial charge in [0, 0.05) is 11.6 Å². The van der Waals surface area contributed by atoms with E-state index < -0.39 is 6.04 Å². The standard InChI is InChI=1S/C16H20ClN3O2/c1-16(2,3)8-12(18)15(22)20-13-6-9-4-5-19-14(21)10(9)7-11(13)17/h4-7,12H,8,18H2,1-3H3,(H,19,21)(H,20,22)/t12-/m1/s1. The van der Waals surface area contributed by atoms with Gasteiger partial charge in [0.25, 0.3) is 5.56 Å². The molecule has 2 rings (SSSR count). The van der Waals surface area contributed by atoms with Crippen molar-refractivity contribution in [3.8, 4) is 0 Å². The molecule has 22 heavy (non-hydrogen) atoms. The zero-order valence-electron chi connectivity index (χ0n) is 12.9. The van der Waals surface area contributed by atoms with E-state index in [2.05, 4.69) is 10.3 Å². The molecule has 0 spiro atoms. The minimum Gasteiger partial charge on any atom is -0.329 e. The lowest BCUT2D eigenvalue weighted by atomic mass is 9.88. The molecule has 0 aliphatic heterocycles. The molecule has 0 aliphatic carbocycles. The van der Waals surface area contributed by atoms with Gasteiger partial charge in [0.05, 0.1) is 16.8 Å². The molecule has 118 valence electrons. The fourth-order valence-corrected chi connectivity index (χ4v) is 2.49. The second kappa shape index (κ2) is 6.10. The smallest absolute Gasteiger partial charge is 0.255 e. The first-order valence-corrected chi connectivity index (χ1v) is 7.42. The van der Waals surface area contributed by atoms with Crippen LogP contribution in [0.2, 0.25) is 5.02 Å². The van der Waals surface area contributed by atoms with E-state index >= 15 is 0 Å². The molecule has 1 aromatic heterocycles. The van der Waals surface area contributed by atoms with Crippen LogP contribution < -0.4 is 16.6 Å². The van der Waals surface area contributed by atoms with Crippen molar-refractivity contribution in [2.24, 2.45) is 11.1 Å². The number of aromatic amines is 1. The van der Waals surface area contributed by atoms with Crippen molar-refractivity contribution in [2.75, 3.05) is 5.32 Å². The van der Waals surface area contributed by atoms with E-state index in [0.29, 0.717) is 27.9 Å². The molecule has 0 saturated carbocycles. The highest BCUT2D eigenvalue weighted by atomic mass is 35.5. The second-order valence-electron chi connectivity index (χ2n) is 6.59. The Labute approximate surface area is 133 Å². The molecule has 1 heterocycles. The van der Waals surface area contributed by atoms with Gasteiger partial charge in [-0.3, -0.25) is 9.59 Å². The molecular formula is C16H20ClN3O2. The average molecular weight is 322 g/mol. The lowest BCUT2D eigenvalue weighted by Gasteiger charge is -2.22. The zero-order valence-corrected chi connectivity index (χ0v) is 13.6. The predicted octanol–water partition coefficient (Wildman–Crippen LogP) is 2.88. The van der Waals surface area contributed by atoms with Crippen molar-refractivity contribution in [1.82, 2.24) is 4.98 Å². The molecule has 0 bridgehead atoms. The van der Waals surface area contributed by atoms with Gasteiger partial charge in [0.15, 0.2) is 0 Å². The van der Waals surface area contributed by atoms with E-state index in [0.717, 1.165) is 0 Å². The van der Waals surface area contributed by atoms with Crippen LogP contribution in [0.4, 0.5) is 5.69 Å². The Kier molecular flexibility index (Phi) is 4.58. The highest BCUT2D eigenvalue weighted by molar-refractivity contribution is 6.34. The van der Waals surface area contributed by atoms with Crippen LogP contribution in [0.5, 0.6) is 0 Å². The number of nitrogens with two attached hydrogens (primary N) is 1. The van der Waals surface area contributed by atoms with Crippen molar-refractivity contribution < 1.29 is 4.79 Å². The quantitative estimate of drug-likeness (QED) is 0.812. The summed E-state index contributed by atoms with van der Waals surface area (Å²) < 4.78 is 0. The van der Waals surface area contributed by atoms with Gasteiger partial charge >= 0.3 is 0 Å². The molecule has 1 amide bonds. The third-order valence-electron chi connectivity index (χ3n) is 3.29. The normalized spacial score (nSPS) is 13.1. The first-order valence-electron chi connectivity index (χ1n) is 7.05. The van der Waals surface area contributed by atoms with Crippen LogP contribution >= 0.6 is 11.6 Å². The van der Waals surface area contributed by atoms with E-state index in [1.54, 1.807) is 24.4 Å². The van der Waals surface area contributed by atoms with Crippen LogP contribution in [0.15, 0.2) is 29.2 Å². The van der Waals surface area contributed by atoms with E-state index in [1.165, 1.54) is 0 Å². The number of carbonyl (C=O) groups excluding carboxylic acids is 1. The number of hydrogen-bond acceptors (Lipinski definition) is 3. The van der Waals surface area contributed by atoms with Gasteiger partial charge in [-0.2, -0.15) is 0 Å². The van der Waals surface area contributed by atoms with Crippen LogP contribution in [-0.2, 0) is 4.79 Å². The number of anilines is 1. The van der Waals surface area contributed by atoms with Crippen LogP contribution in [0.1, 0.15) is 27.2 Å². The highest BCUT2D eigenvalue weighted by Crippen LogP contribution is 2.27. The summed E-state index contributed by atoms with van der Waals surface area (Å²) in [5, 5.41) is 4.22. The summed E-state index contributed by atoms with van der Waals surface area (Å²) in [6, 6.07) is 4.35. The van der Waals surface area contributed by atoms with E-state index in [9.17, 15) is 9.59 Å². The Bertz CT molecular complexity index is 762. The van der Waals surface area contributed by atoms with Gasteiger partial charge in [0.2, 0.25) is 5.91 Å². The molecule has 1 atom stereocenters. The molecule has 0 aliphatic rings. The molecule has 6 heteroatoms. The molecule has 4 N–H and O–H groups in total. The van der Waals surface area contributed by atoms with Gasteiger partial charge in [-0.15, -0.1) is 0 Å². The fourth-order valence-electron chi connectivity index (χ4n) is 2.28. The number of nitrogens with one attached hydrogen (secondary N) is 2. The Morgan fingerprint density at radius 1 is 1.41 bits per heavy atom. The number of fused-ring (bicyclic) bond motifs is 1. The fraction of sp³-hybridized carbons (Fsp3) is 0.375. The van der Waals surface area contributed by atoms with E-state index in [-0.39, 0.29) is 16.9 Å². The van der Waals surface area contributed by atoms with Crippen molar-refractivity contribution >= 4 is 34.0 Å². The molecule has 0 fully saturated rings. The molecular weight excluding hydrogens is 302 g/mol. The number of pyridine rings is 1. The summed E-state index contributed by atoms with van der Waals surface area (Å²) >= 11 is 6.15. The second-order valence-corrected chi connectivity index (χ2v) is 6.99. The lowest BCUT2D eigenvalue weighted by Crippen LogP contribution is -2.38. The van der Waals surface area contributed by atoms with Crippen molar-refractivity contribution in [3.63, 3.8) is 0 Å². The topological polar surface area (TPSA) is 88.0 Å². The van der Waals surface area contributed by atoms with Gasteiger partial charge in [-0.1, -0.05) is 32.4 Å². The number of rotatable bonds is 3. The Morgan fingerprint density at radius 3 is 2.73 bits per heavy atom. The van der Waals surface area contributed by atoms with Gasteiger partial charge in [-0.05, 0) is 35.4 Å². The maximum Gasteiger partial charge on any atom is 0.255 e. The summed E-state index contributed by atoms with van der Waals surface area (Å²) in [4.78, 5) is 26.5. The summed E-state index contributed by atoms with van der Waals surface area (Å²) in [7, 11) is 0. The van der Waals surface area contributed by atoms with E-state index in [4.69, 9.17) is 17.3 Å². The number of benzene rings is 1. The molecule has 0 saturated heterocycles. The number of halogens is 1. The molecule has 0 unspecified atom stereocenters. The van der Waals surface area contributed by atoms with Gasteiger partial charge in [-0.25, -0.2) is 0 Å². The zero-order chi connectivity index (χ0) is 16.5. The highest BCUT2D eigenvalue weighted by Gasteiger charge is 2.22. The maximum absolute atomic E-state index is 12.2. The summed E-state index contributed by atoms with van der Waals surface area (Å²) in [5.41, 5.74) is 6.12. The van der Waals surface area contributed by atoms with Crippen molar-refractivity contribution in [1.29, 1.82) is 0 Å². The summed E-state index contributed by atoms with van der Waals surface area (Å²) in [6.45, 7) is 6.07. The molecule has 1 aromatic carbocycles. The minimum absolute atomic E-state index is 0.0444. The van der Waals surface area contributed by atoms with Crippen LogP contribution in [0, 0.1) is 5.41 Å². The molecule has 5 nitrogen and oxygen atoms in total. The largest absolute Gasteiger partial charge is 0.329 e. The monoisotopic (exact) mass is 321 g/mol.